The molecule has 3 aromatic carbocycles. The van der Waals surface area contributed by atoms with Crippen molar-refractivity contribution in [2.75, 3.05) is 51.3 Å². The Morgan fingerprint density at radius 2 is 1.10 bits per heavy atom. The molecular formula is C30H39Cl2FN4O4. The topological polar surface area (TPSA) is 91.1 Å². The first-order chi connectivity index (χ1) is 18.7. The Labute approximate surface area is 254 Å². The van der Waals surface area contributed by atoms with E-state index in [4.69, 9.17) is 29.8 Å². The third kappa shape index (κ3) is 8.65. The van der Waals surface area contributed by atoms with Crippen LogP contribution in [0.5, 0.6) is 11.5 Å². The lowest BCUT2D eigenvalue weighted by molar-refractivity contribution is 0.325. The van der Waals surface area contributed by atoms with Crippen LogP contribution in [0.15, 0.2) is 54.6 Å². The maximum absolute atomic E-state index is 15.8. The smallest absolute Gasteiger partial charge is 0.213 e. The van der Waals surface area contributed by atoms with Crippen LogP contribution in [-0.4, -0.2) is 53.3 Å². The van der Waals surface area contributed by atoms with E-state index in [1.807, 2.05) is 55.9 Å². The fourth-order valence-corrected chi connectivity index (χ4v) is 4.27. The number of hydrogen-bond acceptors (Lipinski definition) is 8. The van der Waals surface area contributed by atoms with Gasteiger partial charge in [0.1, 0.15) is 11.5 Å². The van der Waals surface area contributed by atoms with E-state index >= 15 is 4.39 Å². The largest absolute Gasteiger partial charge is 0.496 e. The van der Waals surface area contributed by atoms with Crippen molar-refractivity contribution in [3.63, 3.8) is 0 Å². The molecule has 0 bridgehead atoms. The van der Waals surface area contributed by atoms with Crippen molar-refractivity contribution in [1.82, 2.24) is 0 Å². The molecule has 0 radical (unpaired) electrons. The van der Waals surface area contributed by atoms with Crippen LogP contribution in [0.2, 0.25) is 0 Å². The summed E-state index contributed by atoms with van der Waals surface area (Å²) in [6.45, 7) is 5.28. The Kier molecular flexibility index (Phi) is 14.3. The zero-order valence-corrected chi connectivity index (χ0v) is 25.9. The monoisotopic (exact) mass is 608 g/mol. The van der Waals surface area contributed by atoms with Crippen LogP contribution in [0.3, 0.4) is 0 Å². The van der Waals surface area contributed by atoms with Gasteiger partial charge in [-0.15, -0.1) is 24.8 Å². The number of benzene rings is 3. The molecule has 0 heterocycles. The minimum Gasteiger partial charge on any atom is -0.496 e. The van der Waals surface area contributed by atoms with Gasteiger partial charge in [-0.05, 0) is 50.2 Å². The van der Waals surface area contributed by atoms with E-state index in [2.05, 4.69) is 0 Å². The fraction of sp³-hybridized carbons (Fsp3) is 0.333. The van der Waals surface area contributed by atoms with Gasteiger partial charge >= 0.3 is 0 Å². The average Bonchev–Trinajstić information content (AvgIpc) is 2.93. The van der Waals surface area contributed by atoms with E-state index in [9.17, 15) is 0 Å². The van der Waals surface area contributed by atoms with Crippen LogP contribution in [0.4, 0.5) is 15.8 Å². The highest BCUT2D eigenvalue weighted by atomic mass is 35.5. The molecule has 224 valence electrons. The Morgan fingerprint density at radius 1 is 0.707 bits per heavy atom. The van der Waals surface area contributed by atoms with Gasteiger partial charge in [-0.1, -0.05) is 18.2 Å². The molecule has 0 aliphatic rings. The number of methoxy groups -OCH3 is 2. The highest BCUT2D eigenvalue weighted by molar-refractivity contribution is 5.92. The molecule has 0 saturated carbocycles. The molecule has 0 aliphatic heterocycles. The first-order valence-corrected chi connectivity index (χ1v) is 12.7. The van der Waals surface area contributed by atoms with Crippen LogP contribution in [-0.2, 0) is 22.6 Å². The zero-order valence-electron chi connectivity index (χ0n) is 24.2. The van der Waals surface area contributed by atoms with E-state index in [-0.39, 0.29) is 42.4 Å². The molecule has 0 aliphatic carbocycles. The summed E-state index contributed by atoms with van der Waals surface area (Å²) in [5.41, 5.74) is 3.84. The number of halogens is 3. The predicted octanol–water partition coefficient (Wildman–Crippen LogP) is 6.68. The van der Waals surface area contributed by atoms with Crippen molar-refractivity contribution in [1.29, 1.82) is 10.8 Å². The summed E-state index contributed by atoms with van der Waals surface area (Å²) < 4.78 is 37.5. The van der Waals surface area contributed by atoms with Crippen molar-refractivity contribution in [2.24, 2.45) is 0 Å². The molecule has 0 unspecified atom stereocenters. The lowest BCUT2D eigenvalue weighted by atomic mass is 10.1. The van der Waals surface area contributed by atoms with Gasteiger partial charge in [0, 0.05) is 49.4 Å². The predicted molar refractivity (Wildman–Crippen MR) is 168 cm³/mol. The normalized spacial score (nSPS) is 10.0. The van der Waals surface area contributed by atoms with E-state index < -0.39 is 0 Å². The van der Waals surface area contributed by atoms with E-state index in [1.54, 1.807) is 50.6 Å². The summed E-state index contributed by atoms with van der Waals surface area (Å²) in [6.07, 6.45) is 0. The second kappa shape index (κ2) is 16.5. The Morgan fingerprint density at radius 3 is 1.44 bits per heavy atom. The molecule has 3 rings (SSSR count). The molecule has 3 aromatic rings. The standard InChI is InChI=1S/C30H37FN4O4.2ClH/c1-7-38-29(32)20-12-14-22(26(16-20)36-5)18-34(3)24-10-9-11-25(28(24)31)35(4)19-23-15-13-21(17-27(23)37-6)30(33)39-8-2;;/h9-17,32-33H,7-8,18-19H2,1-6H3;2*1H. The molecule has 0 amide bonds. The highest BCUT2D eigenvalue weighted by Crippen LogP contribution is 2.32. The van der Waals surface area contributed by atoms with Gasteiger partial charge in [-0.25, -0.2) is 4.39 Å². The third-order valence-electron chi connectivity index (χ3n) is 6.27. The van der Waals surface area contributed by atoms with E-state index in [0.717, 1.165) is 11.1 Å². The molecule has 0 atom stereocenters. The summed E-state index contributed by atoms with van der Waals surface area (Å²) in [4.78, 5) is 3.65. The van der Waals surface area contributed by atoms with Crippen molar-refractivity contribution >= 4 is 48.0 Å². The maximum atomic E-state index is 15.8. The summed E-state index contributed by atoms with van der Waals surface area (Å²) in [7, 11) is 6.80. The molecular weight excluding hydrogens is 570 g/mol. The Balaban J connectivity index is 0.00000420. The highest BCUT2D eigenvalue weighted by Gasteiger charge is 2.18. The van der Waals surface area contributed by atoms with Crippen molar-refractivity contribution in [3.8, 4) is 11.5 Å². The summed E-state index contributed by atoms with van der Waals surface area (Å²) in [6, 6.07) is 16.2. The summed E-state index contributed by atoms with van der Waals surface area (Å²) >= 11 is 0. The van der Waals surface area contributed by atoms with Gasteiger partial charge in [0.25, 0.3) is 0 Å². The molecule has 0 fully saturated rings. The minimum atomic E-state index is -0.343. The van der Waals surface area contributed by atoms with Gasteiger partial charge in [-0.3, -0.25) is 10.8 Å². The van der Waals surface area contributed by atoms with Crippen molar-refractivity contribution in [3.05, 3.63) is 82.7 Å². The van der Waals surface area contributed by atoms with Crippen LogP contribution in [0.25, 0.3) is 0 Å². The number of nitrogens with one attached hydrogen (secondary N) is 2. The Hall–Kier alpha value is -3.69. The second-order valence-corrected chi connectivity index (χ2v) is 8.90. The van der Waals surface area contributed by atoms with Crippen molar-refractivity contribution < 1.29 is 23.3 Å². The number of hydrogen-bond donors (Lipinski definition) is 2. The van der Waals surface area contributed by atoms with Gasteiger partial charge in [0.15, 0.2) is 5.82 Å². The number of nitrogens with zero attached hydrogens (tertiary/aromatic N) is 2. The number of rotatable bonds is 12. The number of anilines is 2. The SMILES string of the molecule is CCOC(=N)c1ccc(CN(C)c2cccc(N(C)Cc3ccc(C(=N)OCC)cc3OC)c2F)c(OC)c1.Cl.Cl. The maximum Gasteiger partial charge on any atom is 0.213 e. The van der Waals surface area contributed by atoms with Crippen LogP contribution in [0, 0.1) is 16.6 Å². The quantitative estimate of drug-likeness (QED) is 0.176. The lowest BCUT2D eigenvalue weighted by Crippen LogP contribution is -2.22. The summed E-state index contributed by atoms with van der Waals surface area (Å²) in [5, 5.41) is 16.1. The Bertz CT molecular complexity index is 1230. The molecule has 41 heavy (non-hydrogen) atoms. The molecule has 8 nitrogen and oxygen atoms in total. The fourth-order valence-electron chi connectivity index (χ4n) is 4.27. The van der Waals surface area contributed by atoms with E-state index in [0.29, 0.717) is 60.3 Å². The minimum absolute atomic E-state index is 0. The second-order valence-electron chi connectivity index (χ2n) is 8.90. The van der Waals surface area contributed by atoms with Gasteiger partial charge in [0.2, 0.25) is 11.8 Å². The van der Waals surface area contributed by atoms with Crippen LogP contribution in [0.1, 0.15) is 36.1 Å². The third-order valence-corrected chi connectivity index (χ3v) is 6.27. The van der Waals surface area contributed by atoms with Gasteiger partial charge in [0.05, 0.1) is 38.8 Å². The molecule has 0 aromatic heterocycles. The van der Waals surface area contributed by atoms with Crippen LogP contribution >= 0.6 is 24.8 Å². The van der Waals surface area contributed by atoms with Gasteiger partial charge in [-0.2, -0.15) is 0 Å². The summed E-state index contributed by atoms with van der Waals surface area (Å²) in [5.74, 6) is 1.02. The van der Waals surface area contributed by atoms with Crippen LogP contribution < -0.4 is 19.3 Å². The molecule has 0 spiro atoms. The van der Waals surface area contributed by atoms with Crippen molar-refractivity contribution in [2.45, 2.75) is 26.9 Å². The first kappa shape index (κ1) is 35.3. The first-order valence-electron chi connectivity index (χ1n) is 12.7. The van der Waals surface area contributed by atoms with Gasteiger partial charge < -0.3 is 28.7 Å². The molecule has 0 saturated heterocycles. The average molecular weight is 610 g/mol. The molecule has 11 heteroatoms. The lowest BCUT2D eigenvalue weighted by Gasteiger charge is -2.26. The number of ether oxygens (including phenoxy) is 4. The molecule has 2 N–H and O–H groups in total. The zero-order chi connectivity index (χ0) is 28.5. The van der Waals surface area contributed by atoms with E-state index in [1.165, 1.54) is 0 Å².